The van der Waals surface area contributed by atoms with E-state index in [1.807, 2.05) is 5.38 Å². The van der Waals surface area contributed by atoms with Crippen molar-refractivity contribution in [3.8, 4) is 0 Å². The van der Waals surface area contributed by atoms with Gasteiger partial charge in [-0.1, -0.05) is 18.2 Å². The zero-order chi connectivity index (χ0) is 15.1. The number of H-pyrrole nitrogens is 1. The van der Waals surface area contributed by atoms with Gasteiger partial charge in [0.15, 0.2) is 10.8 Å². The first-order valence-electron chi connectivity index (χ1n) is 6.96. The van der Waals surface area contributed by atoms with Crippen molar-refractivity contribution in [2.45, 2.75) is 18.8 Å². The van der Waals surface area contributed by atoms with Crippen LogP contribution in [-0.4, -0.2) is 21.1 Å². The second kappa shape index (κ2) is 5.03. The monoisotopic (exact) mass is 312 g/mol. The minimum atomic E-state index is -0.371. The molecule has 0 unspecified atom stereocenters. The molecule has 110 valence electrons. The van der Waals surface area contributed by atoms with Gasteiger partial charge in [0, 0.05) is 16.7 Å². The molecule has 0 aliphatic heterocycles. The molecule has 1 fully saturated rings. The quantitative estimate of drug-likeness (QED) is 0.778. The fourth-order valence-corrected chi connectivity index (χ4v) is 3.14. The lowest BCUT2D eigenvalue weighted by Crippen LogP contribution is -2.19. The van der Waals surface area contributed by atoms with Crippen LogP contribution in [0.2, 0.25) is 0 Å². The van der Waals surface area contributed by atoms with E-state index in [2.05, 4.69) is 20.5 Å². The van der Waals surface area contributed by atoms with E-state index in [0.717, 1.165) is 5.69 Å². The van der Waals surface area contributed by atoms with E-state index in [4.69, 9.17) is 0 Å². The van der Waals surface area contributed by atoms with Crippen LogP contribution in [0.3, 0.4) is 0 Å². The molecule has 1 aromatic carbocycles. The van der Waals surface area contributed by atoms with Crippen LogP contribution in [-0.2, 0) is 0 Å². The molecule has 0 radical (unpaired) electrons. The molecule has 2 N–H and O–H groups in total. The summed E-state index contributed by atoms with van der Waals surface area (Å²) in [5.41, 5.74) is 0.926. The highest BCUT2D eigenvalue weighted by Gasteiger charge is 2.26. The lowest BCUT2D eigenvalue weighted by molar-refractivity contribution is 0.102. The molecule has 1 amide bonds. The van der Waals surface area contributed by atoms with Gasteiger partial charge in [-0.25, -0.2) is 10.1 Å². The fourth-order valence-electron chi connectivity index (χ4n) is 2.35. The van der Waals surface area contributed by atoms with E-state index in [0.29, 0.717) is 21.8 Å². The minimum absolute atomic E-state index is 0.193. The molecular formula is C15H12N4O2S. The van der Waals surface area contributed by atoms with Crippen molar-refractivity contribution in [1.82, 2.24) is 15.2 Å². The molecule has 3 aromatic rings. The Hall–Kier alpha value is -2.54. The maximum absolute atomic E-state index is 12.4. The first-order valence-corrected chi connectivity index (χ1v) is 7.84. The van der Waals surface area contributed by atoms with Crippen LogP contribution in [0.4, 0.5) is 5.13 Å². The Morgan fingerprint density at radius 3 is 2.82 bits per heavy atom. The second-order valence-electron chi connectivity index (χ2n) is 5.25. The number of anilines is 1. The lowest BCUT2D eigenvalue weighted by Gasteiger charge is -2.04. The third-order valence-electron chi connectivity index (χ3n) is 3.65. The zero-order valence-corrected chi connectivity index (χ0v) is 12.3. The first kappa shape index (κ1) is 13.1. The molecule has 0 spiro atoms. The van der Waals surface area contributed by atoms with Crippen molar-refractivity contribution in [3.05, 3.63) is 51.4 Å². The largest absolute Gasteiger partial charge is 0.296 e. The van der Waals surface area contributed by atoms with E-state index in [1.54, 1.807) is 24.3 Å². The summed E-state index contributed by atoms with van der Waals surface area (Å²) in [6, 6.07) is 6.90. The predicted octanol–water partition coefficient (Wildman–Crippen LogP) is 2.51. The molecule has 0 bridgehead atoms. The van der Waals surface area contributed by atoms with Crippen LogP contribution in [0.15, 0.2) is 34.4 Å². The van der Waals surface area contributed by atoms with Crippen molar-refractivity contribution in [2.75, 3.05) is 5.32 Å². The Morgan fingerprint density at radius 1 is 1.27 bits per heavy atom. The molecule has 1 aliphatic rings. The third-order valence-corrected chi connectivity index (χ3v) is 4.43. The van der Waals surface area contributed by atoms with Crippen molar-refractivity contribution >= 4 is 33.1 Å². The summed E-state index contributed by atoms with van der Waals surface area (Å²) in [5.74, 6) is 0.179. The van der Waals surface area contributed by atoms with Gasteiger partial charge in [0.1, 0.15) is 0 Å². The maximum atomic E-state index is 12.4. The summed E-state index contributed by atoms with van der Waals surface area (Å²) in [7, 11) is 0. The smallest absolute Gasteiger partial charge is 0.278 e. The van der Waals surface area contributed by atoms with E-state index in [1.165, 1.54) is 24.2 Å². The first-order chi connectivity index (χ1) is 10.7. The Balaban J connectivity index is 1.67. The van der Waals surface area contributed by atoms with Gasteiger partial charge in [-0.2, -0.15) is 5.10 Å². The number of benzene rings is 1. The summed E-state index contributed by atoms with van der Waals surface area (Å²) in [4.78, 5) is 28.6. The number of carbonyl (C=O) groups is 1. The third kappa shape index (κ3) is 2.29. The lowest BCUT2D eigenvalue weighted by atomic mass is 10.1. The molecule has 1 aliphatic carbocycles. The van der Waals surface area contributed by atoms with Crippen LogP contribution in [0, 0.1) is 0 Å². The summed E-state index contributed by atoms with van der Waals surface area (Å²) in [6.07, 6.45) is 2.34. The summed E-state index contributed by atoms with van der Waals surface area (Å²) >= 11 is 1.41. The van der Waals surface area contributed by atoms with Gasteiger partial charge in [0.2, 0.25) is 0 Å². The van der Waals surface area contributed by atoms with Gasteiger partial charge in [-0.15, -0.1) is 11.3 Å². The number of fused-ring (bicyclic) bond motifs is 1. The Morgan fingerprint density at radius 2 is 2.05 bits per heavy atom. The highest BCUT2D eigenvalue weighted by atomic mass is 32.1. The number of thiazole rings is 1. The van der Waals surface area contributed by atoms with E-state index in [-0.39, 0.29) is 17.2 Å². The topological polar surface area (TPSA) is 87.7 Å². The Bertz CT molecular complexity index is 926. The van der Waals surface area contributed by atoms with Crippen molar-refractivity contribution < 1.29 is 4.79 Å². The Labute approximate surface area is 129 Å². The normalized spacial score (nSPS) is 14.2. The molecule has 0 saturated heterocycles. The highest BCUT2D eigenvalue weighted by molar-refractivity contribution is 7.14. The molecule has 7 heteroatoms. The average Bonchev–Trinajstić information content (AvgIpc) is 3.28. The standard InChI is InChI=1S/C15H12N4O2S/c20-13-10-4-2-1-3-9(10)12(18-19-13)14(21)17-15-16-11(7-22-15)8-5-6-8/h1-4,7-8H,5-6H2,(H,19,20)(H,16,17,21). The van der Waals surface area contributed by atoms with Crippen molar-refractivity contribution in [2.24, 2.45) is 0 Å². The highest BCUT2D eigenvalue weighted by Crippen LogP contribution is 2.40. The average molecular weight is 312 g/mol. The van der Waals surface area contributed by atoms with Crippen LogP contribution < -0.4 is 10.9 Å². The summed E-state index contributed by atoms with van der Waals surface area (Å²) in [6.45, 7) is 0. The van der Waals surface area contributed by atoms with Gasteiger partial charge in [-0.05, 0) is 18.9 Å². The minimum Gasteiger partial charge on any atom is -0.296 e. The van der Waals surface area contributed by atoms with E-state index >= 15 is 0 Å². The van der Waals surface area contributed by atoms with Crippen LogP contribution in [0.5, 0.6) is 0 Å². The summed E-state index contributed by atoms with van der Waals surface area (Å²) < 4.78 is 0. The van der Waals surface area contributed by atoms with Gasteiger partial charge in [0.25, 0.3) is 11.5 Å². The van der Waals surface area contributed by atoms with Gasteiger partial charge in [-0.3, -0.25) is 14.9 Å². The van der Waals surface area contributed by atoms with Crippen LogP contribution >= 0.6 is 11.3 Å². The fraction of sp³-hybridized carbons (Fsp3) is 0.200. The van der Waals surface area contributed by atoms with Crippen LogP contribution in [0.25, 0.3) is 10.8 Å². The van der Waals surface area contributed by atoms with Gasteiger partial charge in [0.05, 0.1) is 11.1 Å². The van der Waals surface area contributed by atoms with Gasteiger partial charge >= 0.3 is 0 Å². The number of hydrogen-bond donors (Lipinski definition) is 2. The number of carbonyl (C=O) groups excluding carboxylic acids is 1. The molecule has 2 heterocycles. The molecule has 0 atom stereocenters. The molecule has 4 rings (SSSR count). The SMILES string of the molecule is O=C(Nc1nc(C2CC2)cs1)c1n[nH]c(=O)c2ccccc12. The number of hydrogen-bond acceptors (Lipinski definition) is 5. The van der Waals surface area contributed by atoms with E-state index in [9.17, 15) is 9.59 Å². The number of rotatable bonds is 3. The molecule has 1 saturated carbocycles. The summed E-state index contributed by atoms with van der Waals surface area (Å²) in [5, 5.41) is 12.5. The number of aromatic nitrogens is 3. The molecule has 22 heavy (non-hydrogen) atoms. The number of amides is 1. The molecule has 2 aromatic heterocycles. The van der Waals surface area contributed by atoms with Crippen molar-refractivity contribution in [1.29, 1.82) is 0 Å². The zero-order valence-electron chi connectivity index (χ0n) is 11.5. The molecular weight excluding hydrogens is 300 g/mol. The second-order valence-corrected chi connectivity index (χ2v) is 6.11. The van der Waals surface area contributed by atoms with Crippen molar-refractivity contribution in [3.63, 3.8) is 0 Å². The molecule has 6 nitrogen and oxygen atoms in total. The maximum Gasteiger partial charge on any atom is 0.278 e. The number of aromatic amines is 1. The van der Waals surface area contributed by atoms with Crippen LogP contribution in [0.1, 0.15) is 34.9 Å². The number of nitrogens with zero attached hydrogens (tertiary/aromatic N) is 2. The number of nitrogens with one attached hydrogen (secondary N) is 2. The van der Waals surface area contributed by atoms with E-state index < -0.39 is 0 Å². The Kier molecular flexibility index (Phi) is 3.00. The predicted molar refractivity (Wildman–Crippen MR) is 84.4 cm³/mol. The van der Waals surface area contributed by atoms with Gasteiger partial charge < -0.3 is 0 Å².